The van der Waals surface area contributed by atoms with E-state index < -0.39 is 0 Å². The third-order valence-electron chi connectivity index (χ3n) is 5.70. The van der Waals surface area contributed by atoms with Crippen LogP contribution in [0.15, 0.2) is 12.4 Å². The van der Waals surface area contributed by atoms with Crippen LogP contribution in [0, 0.1) is 5.92 Å². The van der Waals surface area contributed by atoms with Gasteiger partial charge >= 0.3 is 0 Å². The predicted molar refractivity (Wildman–Crippen MR) is 109 cm³/mol. The van der Waals surface area contributed by atoms with Gasteiger partial charge in [0.25, 0.3) is 0 Å². The fraction of sp³-hybridized carbons (Fsp3) is 0.700. The molecule has 1 atom stereocenters. The Morgan fingerprint density at radius 3 is 2.61 bits per heavy atom. The Hall–Kier alpha value is -2.38. The van der Waals surface area contributed by atoms with Crippen LogP contribution in [0.2, 0.25) is 0 Å². The number of hydrogen-bond acceptors (Lipinski definition) is 6. The number of rotatable bonds is 6. The topological polar surface area (TPSA) is 81.7 Å². The Balaban J connectivity index is 1.47. The maximum atomic E-state index is 12.6. The van der Waals surface area contributed by atoms with Crippen LogP contribution in [0.4, 0.5) is 11.6 Å². The third kappa shape index (κ3) is 5.33. The van der Waals surface area contributed by atoms with Crippen molar-refractivity contribution in [3.63, 3.8) is 0 Å². The third-order valence-corrected chi connectivity index (χ3v) is 5.70. The van der Waals surface area contributed by atoms with E-state index in [0.29, 0.717) is 38.5 Å². The lowest BCUT2D eigenvalue weighted by molar-refractivity contribution is -0.138. The number of anilines is 2. The van der Waals surface area contributed by atoms with Gasteiger partial charge in [0.15, 0.2) is 0 Å². The summed E-state index contributed by atoms with van der Waals surface area (Å²) in [6.45, 7) is 9.03. The van der Waals surface area contributed by atoms with Gasteiger partial charge in [0, 0.05) is 65.2 Å². The zero-order valence-corrected chi connectivity index (χ0v) is 17.1. The highest BCUT2D eigenvalue weighted by Gasteiger charge is 2.25. The predicted octanol–water partition coefficient (Wildman–Crippen LogP) is 1.60. The SMILES string of the molecule is CCNc1cc(N2CCCC(CCC(=O)N3CCN(C(C)=O)CC3)C2)ncn1. The molecule has 2 aliphatic heterocycles. The van der Waals surface area contributed by atoms with Crippen LogP contribution in [0.25, 0.3) is 0 Å². The van der Waals surface area contributed by atoms with Crippen molar-refractivity contribution < 1.29 is 9.59 Å². The lowest BCUT2D eigenvalue weighted by atomic mass is 9.93. The summed E-state index contributed by atoms with van der Waals surface area (Å²) in [5.41, 5.74) is 0. The van der Waals surface area contributed by atoms with E-state index in [2.05, 4.69) is 27.1 Å². The summed E-state index contributed by atoms with van der Waals surface area (Å²) >= 11 is 0. The summed E-state index contributed by atoms with van der Waals surface area (Å²) in [6, 6.07) is 2.01. The van der Waals surface area contributed by atoms with Crippen molar-refractivity contribution in [3.05, 3.63) is 12.4 Å². The van der Waals surface area contributed by atoms with E-state index in [1.807, 2.05) is 15.9 Å². The molecule has 154 valence electrons. The molecule has 1 N–H and O–H groups in total. The van der Waals surface area contributed by atoms with Gasteiger partial charge in [0.1, 0.15) is 18.0 Å². The Labute approximate surface area is 167 Å². The van der Waals surface area contributed by atoms with Gasteiger partial charge in [-0.2, -0.15) is 0 Å². The number of aromatic nitrogens is 2. The van der Waals surface area contributed by atoms with Gasteiger partial charge in [-0.05, 0) is 32.1 Å². The van der Waals surface area contributed by atoms with E-state index in [9.17, 15) is 9.59 Å². The van der Waals surface area contributed by atoms with Crippen LogP contribution in [0.3, 0.4) is 0 Å². The molecule has 3 rings (SSSR count). The van der Waals surface area contributed by atoms with Crippen LogP contribution in [0.5, 0.6) is 0 Å². The molecule has 28 heavy (non-hydrogen) atoms. The molecule has 1 unspecified atom stereocenters. The normalized spacial score (nSPS) is 20.2. The molecule has 2 fully saturated rings. The van der Waals surface area contributed by atoms with Crippen molar-refractivity contribution >= 4 is 23.5 Å². The second-order valence-electron chi connectivity index (χ2n) is 7.67. The number of hydrogen-bond donors (Lipinski definition) is 1. The molecule has 0 bridgehead atoms. The van der Waals surface area contributed by atoms with Gasteiger partial charge in [-0.3, -0.25) is 9.59 Å². The monoisotopic (exact) mass is 388 g/mol. The molecular weight excluding hydrogens is 356 g/mol. The summed E-state index contributed by atoms with van der Waals surface area (Å²) in [5, 5.41) is 3.23. The number of carbonyl (C=O) groups is 2. The number of piperazine rings is 1. The fourth-order valence-electron chi connectivity index (χ4n) is 4.06. The molecule has 8 heteroatoms. The van der Waals surface area contributed by atoms with Crippen molar-refractivity contribution in [2.45, 2.75) is 39.5 Å². The lowest BCUT2D eigenvalue weighted by Gasteiger charge is -2.36. The molecule has 8 nitrogen and oxygen atoms in total. The lowest BCUT2D eigenvalue weighted by Crippen LogP contribution is -2.50. The van der Waals surface area contributed by atoms with Crippen LogP contribution >= 0.6 is 0 Å². The van der Waals surface area contributed by atoms with Gasteiger partial charge in [0.05, 0.1) is 0 Å². The average Bonchev–Trinajstić information content (AvgIpc) is 2.73. The maximum absolute atomic E-state index is 12.6. The molecule has 0 aromatic carbocycles. The van der Waals surface area contributed by atoms with Gasteiger partial charge < -0.3 is 20.0 Å². The van der Waals surface area contributed by atoms with Crippen molar-refractivity contribution in [2.24, 2.45) is 5.92 Å². The van der Waals surface area contributed by atoms with E-state index >= 15 is 0 Å². The van der Waals surface area contributed by atoms with E-state index in [1.54, 1.807) is 13.3 Å². The Kier molecular flexibility index (Phi) is 7.06. The summed E-state index contributed by atoms with van der Waals surface area (Å²) in [5.74, 6) is 2.64. The number of nitrogens with one attached hydrogen (secondary N) is 1. The van der Waals surface area contributed by atoms with E-state index in [-0.39, 0.29) is 11.8 Å². The number of piperidine rings is 1. The summed E-state index contributed by atoms with van der Waals surface area (Å²) in [4.78, 5) is 38.7. The Morgan fingerprint density at radius 2 is 1.89 bits per heavy atom. The molecule has 1 aromatic heterocycles. The average molecular weight is 389 g/mol. The molecule has 1 aromatic rings. The van der Waals surface area contributed by atoms with Crippen molar-refractivity contribution in [1.82, 2.24) is 19.8 Å². The first-order valence-electron chi connectivity index (χ1n) is 10.4. The molecule has 0 saturated carbocycles. The first kappa shape index (κ1) is 20.4. The Bertz CT molecular complexity index is 674. The molecule has 0 aliphatic carbocycles. The molecule has 2 saturated heterocycles. The highest BCUT2D eigenvalue weighted by Crippen LogP contribution is 2.25. The minimum absolute atomic E-state index is 0.0939. The highest BCUT2D eigenvalue weighted by molar-refractivity contribution is 5.77. The molecular formula is C20H32N6O2. The standard InChI is InChI=1S/C20H32N6O2/c1-3-21-18-13-19(23-15-22-18)26-8-4-5-17(14-26)6-7-20(28)25-11-9-24(10-12-25)16(2)27/h13,15,17H,3-12,14H2,1-2H3,(H,21,22,23). The smallest absolute Gasteiger partial charge is 0.222 e. The van der Waals surface area contributed by atoms with E-state index in [1.165, 1.54) is 0 Å². The summed E-state index contributed by atoms with van der Waals surface area (Å²) < 4.78 is 0. The van der Waals surface area contributed by atoms with Gasteiger partial charge in [-0.15, -0.1) is 0 Å². The van der Waals surface area contributed by atoms with Crippen molar-refractivity contribution in [3.8, 4) is 0 Å². The molecule has 2 aliphatic rings. The largest absolute Gasteiger partial charge is 0.370 e. The molecule has 0 radical (unpaired) electrons. The van der Waals surface area contributed by atoms with Gasteiger partial charge in [-0.1, -0.05) is 0 Å². The highest BCUT2D eigenvalue weighted by atomic mass is 16.2. The first-order chi connectivity index (χ1) is 13.6. The fourth-order valence-corrected chi connectivity index (χ4v) is 4.06. The maximum Gasteiger partial charge on any atom is 0.222 e. The molecule has 2 amide bonds. The minimum atomic E-state index is 0.0939. The molecule has 3 heterocycles. The quantitative estimate of drug-likeness (QED) is 0.797. The molecule has 0 spiro atoms. The zero-order chi connectivity index (χ0) is 19.9. The summed E-state index contributed by atoms with van der Waals surface area (Å²) in [6.07, 6.45) is 5.39. The second-order valence-corrected chi connectivity index (χ2v) is 7.67. The second kappa shape index (κ2) is 9.71. The van der Waals surface area contributed by atoms with E-state index in [4.69, 9.17) is 0 Å². The zero-order valence-electron chi connectivity index (χ0n) is 17.1. The van der Waals surface area contributed by atoms with Crippen molar-refractivity contribution in [1.29, 1.82) is 0 Å². The summed E-state index contributed by atoms with van der Waals surface area (Å²) in [7, 11) is 0. The van der Waals surface area contributed by atoms with Crippen LogP contribution in [-0.4, -0.2) is 77.4 Å². The number of amides is 2. The van der Waals surface area contributed by atoms with Crippen molar-refractivity contribution in [2.75, 3.05) is 56.0 Å². The number of carbonyl (C=O) groups excluding carboxylic acids is 2. The van der Waals surface area contributed by atoms with E-state index in [0.717, 1.165) is 50.5 Å². The van der Waals surface area contributed by atoms with Crippen LogP contribution in [0.1, 0.15) is 39.5 Å². The van der Waals surface area contributed by atoms with Crippen LogP contribution in [-0.2, 0) is 9.59 Å². The van der Waals surface area contributed by atoms with Crippen LogP contribution < -0.4 is 10.2 Å². The van der Waals surface area contributed by atoms with Gasteiger partial charge in [-0.25, -0.2) is 9.97 Å². The first-order valence-corrected chi connectivity index (χ1v) is 10.4. The Morgan fingerprint density at radius 1 is 1.14 bits per heavy atom. The number of nitrogens with zero attached hydrogens (tertiary/aromatic N) is 5. The minimum Gasteiger partial charge on any atom is -0.370 e. The van der Waals surface area contributed by atoms with Gasteiger partial charge in [0.2, 0.25) is 11.8 Å².